The minimum atomic E-state index is 0.398. The van der Waals surface area contributed by atoms with Crippen LogP contribution in [0.1, 0.15) is 39.8 Å². The van der Waals surface area contributed by atoms with Gasteiger partial charge in [0.25, 0.3) is 0 Å². The normalized spacial score (nSPS) is 18.4. The topological polar surface area (TPSA) is 0 Å². The zero-order chi connectivity index (χ0) is 22.0. The van der Waals surface area contributed by atoms with Crippen molar-refractivity contribution in [3.05, 3.63) is 148 Å². The quantitative estimate of drug-likeness (QED) is 0.380. The molecule has 0 aromatic heterocycles. The second-order valence-electron chi connectivity index (χ2n) is 9.61. The van der Waals surface area contributed by atoms with Crippen molar-refractivity contribution in [2.75, 3.05) is 0 Å². The lowest BCUT2D eigenvalue weighted by Crippen LogP contribution is -2.10. The van der Waals surface area contributed by atoms with E-state index in [9.17, 15) is 0 Å². The number of allylic oxidation sites excluding steroid dienone is 8. The molecule has 0 amide bonds. The first-order chi connectivity index (χ1) is 16.3. The fourth-order valence-electron chi connectivity index (χ4n) is 5.61. The van der Waals surface area contributed by atoms with E-state index in [4.69, 9.17) is 0 Å². The van der Waals surface area contributed by atoms with Gasteiger partial charge in [-0.3, -0.25) is 0 Å². The second-order valence-corrected chi connectivity index (χ2v) is 9.61. The van der Waals surface area contributed by atoms with Gasteiger partial charge in [-0.2, -0.15) is 0 Å². The first-order valence-electron chi connectivity index (χ1n) is 12.4. The SMILES string of the molecule is C1=CC2C(=C1)C(Cc1ccc(CCc3ccccc3)cc1)=CC=C2c1ccc2c(c1)CCC2. The Kier molecular flexibility index (Phi) is 5.44. The van der Waals surface area contributed by atoms with Crippen LogP contribution >= 0.6 is 0 Å². The Labute approximate surface area is 197 Å². The van der Waals surface area contributed by atoms with Crippen LogP contribution in [0.3, 0.4) is 0 Å². The highest BCUT2D eigenvalue weighted by molar-refractivity contribution is 5.79. The number of hydrogen-bond donors (Lipinski definition) is 0. The second kappa shape index (κ2) is 8.87. The van der Waals surface area contributed by atoms with Gasteiger partial charge in [0.05, 0.1) is 0 Å². The molecule has 0 spiro atoms. The van der Waals surface area contributed by atoms with Crippen molar-refractivity contribution in [3.8, 4) is 0 Å². The zero-order valence-corrected chi connectivity index (χ0v) is 19.1. The van der Waals surface area contributed by atoms with E-state index in [1.807, 2.05) is 0 Å². The zero-order valence-electron chi connectivity index (χ0n) is 19.1. The van der Waals surface area contributed by atoms with Crippen LogP contribution < -0.4 is 0 Å². The maximum absolute atomic E-state index is 2.45. The summed E-state index contributed by atoms with van der Waals surface area (Å²) in [6.45, 7) is 0. The Morgan fingerprint density at radius 1 is 0.636 bits per heavy atom. The van der Waals surface area contributed by atoms with Crippen molar-refractivity contribution in [2.24, 2.45) is 5.92 Å². The minimum absolute atomic E-state index is 0.398. The van der Waals surface area contributed by atoms with Crippen LogP contribution in [0.4, 0.5) is 0 Å². The lowest BCUT2D eigenvalue weighted by atomic mass is 9.79. The summed E-state index contributed by atoms with van der Waals surface area (Å²) in [5, 5.41) is 0. The molecule has 0 N–H and O–H groups in total. The highest BCUT2D eigenvalue weighted by atomic mass is 14.3. The molecule has 0 saturated carbocycles. The van der Waals surface area contributed by atoms with E-state index in [2.05, 4.69) is 103 Å². The molecular formula is C33H30. The standard InChI is InChI=1S/C33H30/c1-2-6-24(7-3-1)12-13-25-14-16-26(17-15-25)22-29-20-21-32(33-11-5-10-31(29)33)30-19-18-27-8-4-9-28(27)23-30/h1-3,5-7,10-11,14-21,23,33H,4,8-9,12-13,22H2. The molecule has 0 bridgehead atoms. The van der Waals surface area contributed by atoms with Gasteiger partial charge in [0, 0.05) is 5.92 Å². The average molecular weight is 427 g/mol. The molecule has 1 atom stereocenters. The van der Waals surface area contributed by atoms with Gasteiger partial charge >= 0.3 is 0 Å². The molecule has 0 heteroatoms. The van der Waals surface area contributed by atoms with Crippen LogP contribution in [-0.2, 0) is 32.1 Å². The fraction of sp³-hybridized carbons (Fsp3) is 0.212. The molecular weight excluding hydrogens is 396 g/mol. The van der Waals surface area contributed by atoms with Gasteiger partial charge in [-0.05, 0) is 88.6 Å². The lowest BCUT2D eigenvalue weighted by molar-refractivity contribution is 0.911. The van der Waals surface area contributed by atoms with E-state index in [1.165, 1.54) is 58.2 Å². The molecule has 6 rings (SSSR count). The van der Waals surface area contributed by atoms with Crippen LogP contribution in [0, 0.1) is 5.92 Å². The number of benzene rings is 3. The summed E-state index contributed by atoms with van der Waals surface area (Å²) in [6.07, 6.45) is 18.7. The fourth-order valence-corrected chi connectivity index (χ4v) is 5.61. The van der Waals surface area contributed by atoms with Crippen molar-refractivity contribution < 1.29 is 0 Å². The average Bonchev–Trinajstić information content (AvgIpc) is 3.54. The van der Waals surface area contributed by atoms with Crippen molar-refractivity contribution in [2.45, 2.75) is 38.5 Å². The molecule has 3 aliphatic carbocycles. The molecule has 1 unspecified atom stereocenters. The Morgan fingerprint density at radius 2 is 1.39 bits per heavy atom. The largest absolute Gasteiger partial charge is 0.0726 e. The summed E-state index contributed by atoms with van der Waals surface area (Å²) in [6, 6.07) is 27.2. The molecule has 162 valence electrons. The molecule has 3 aromatic rings. The number of fused-ring (bicyclic) bond motifs is 2. The van der Waals surface area contributed by atoms with Gasteiger partial charge in [-0.1, -0.05) is 103 Å². The molecule has 3 aliphatic rings. The van der Waals surface area contributed by atoms with Crippen molar-refractivity contribution in [1.82, 2.24) is 0 Å². The molecule has 0 saturated heterocycles. The van der Waals surface area contributed by atoms with Crippen molar-refractivity contribution >= 4 is 5.57 Å². The van der Waals surface area contributed by atoms with Crippen molar-refractivity contribution in [3.63, 3.8) is 0 Å². The number of hydrogen-bond acceptors (Lipinski definition) is 0. The van der Waals surface area contributed by atoms with E-state index in [0.717, 1.165) is 19.3 Å². The Balaban J connectivity index is 1.18. The van der Waals surface area contributed by atoms with Crippen LogP contribution in [-0.4, -0.2) is 0 Å². The maximum Gasteiger partial charge on any atom is 0.0281 e. The van der Waals surface area contributed by atoms with E-state index in [0.29, 0.717) is 5.92 Å². The summed E-state index contributed by atoms with van der Waals surface area (Å²) in [7, 11) is 0. The number of aryl methyl sites for hydroxylation is 4. The summed E-state index contributed by atoms with van der Waals surface area (Å²) >= 11 is 0. The van der Waals surface area contributed by atoms with Crippen LogP contribution in [0.25, 0.3) is 5.57 Å². The summed E-state index contributed by atoms with van der Waals surface area (Å²) < 4.78 is 0. The predicted octanol–water partition coefficient (Wildman–Crippen LogP) is 7.64. The first-order valence-corrected chi connectivity index (χ1v) is 12.4. The monoisotopic (exact) mass is 426 g/mol. The molecule has 0 radical (unpaired) electrons. The first kappa shape index (κ1) is 20.2. The molecule has 0 fully saturated rings. The summed E-state index contributed by atoms with van der Waals surface area (Å²) in [4.78, 5) is 0. The van der Waals surface area contributed by atoms with Gasteiger partial charge in [0.1, 0.15) is 0 Å². The van der Waals surface area contributed by atoms with Gasteiger partial charge in [-0.15, -0.1) is 0 Å². The third-order valence-electron chi connectivity index (χ3n) is 7.48. The lowest BCUT2D eigenvalue weighted by Gasteiger charge is -2.25. The molecule has 0 nitrogen and oxygen atoms in total. The Morgan fingerprint density at radius 3 is 2.24 bits per heavy atom. The van der Waals surface area contributed by atoms with E-state index in [1.54, 1.807) is 11.1 Å². The maximum atomic E-state index is 2.45. The molecule has 0 heterocycles. The Hall–Kier alpha value is -3.38. The van der Waals surface area contributed by atoms with Gasteiger partial charge in [-0.25, -0.2) is 0 Å². The third kappa shape index (κ3) is 4.18. The van der Waals surface area contributed by atoms with Gasteiger partial charge < -0.3 is 0 Å². The predicted molar refractivity (Wildman–Crippen MR) is 139 cm³/mol. The Bertz CT molecular complexity index is 1280. The van der Waals surface area contributed by atoms with Crippen LogP contribution in [0.2, 0.25) is 0 Å². The highest BCUT2D eigenvalue weighted by Crippen LogP contribution is 2.42. The van der Waals surface area contributed by atoms with Crippen molar-refractivity contribution in [1.29, 1.82) is 0 Å². The molecule has 33 heavy (non-hydrogen) atoms. The van der Waals surface area contributed by atoms with Gasteiger partial charge in [0.2, 0.25) is 0 Å². The summed E-state index contributed by atoms with van der Waals surface area (Å²) in [5.74, 6) is 0.398. The number of rotatable bonds is 6. The molecule has 3 aromatic carbocycles. The van der Waals surface area contributed by atoms with Gasteiger partial charge in [0.15, 0.2) is 0 Å². The highest BCUT2D eigenvalue weighted by Gasteiger charge is 2.26. The van der Waals surface area contributed by atoms with Crippen LogP contribution in [0.15, 0.2) is 114 Å². The smallest absolute Gasteiger partial charge is 0.0281 e. The van der Waals surface area contributed by atoms with E-state index >= 15 is 0 Å². The minimum Gasteiger partial charge on any atom is -0.0726 e. The van der Waals surface area contributed by atoms with E-state index < -0.39 is 0 Å². The van der Waals surface area contributed by atoms with E-state index in [-0.39, 0.29) is 0 Å². The van der Waals surface area contributed by atoms with Crippen LogP contribution in [0.5, 0.6) is 0 Å². The summed E-state index contributed by atoms with van der Waals surface area (Å²) in [5.41, 5.74) is 13.1. The molecule has 0 aliphatic heterocycles. The third-order valence-corrected chi connectivity index (χ3v) is 7.48.